The highest BCUT2D eigenvalue weighted by Gasteiger charge is 2.15. The van der Waals surface area contributed by atoms with E-state index in [0.717, 1.165) is 43.1 Å². The van der Waals surface area contributed by atoms with Crippen LogP contribution in [-0.4, -0.2) is 31.8 Å². The van der Waals surface area contributed by atoms with Crippen molar-refractivity contribution in [1.29, 1.82) is 0 Å². The SMILES string of the molecule is CCOc1ccc(CN[C@@H]2CCOC2)cc1COC(C)=O. The first kappa shape index (κ1) is 15.8. The van der Waals surface area contributed by atoms with Gasteiger partial charge in [-0.1, -0.05) is 6.07 Å². The standard InChI is InChI=1S/C16H23NO4/c1-3-20-16-5-4-13(8-14(16)10-21-12(2)18)9-17-15-6-7-19-11-15/h4-5,8,15,17H,3,6-7,9-11H2,1-2H3/t15-/m1/s1. The fourth-order valence-electron chi connectivity index (χ4n) is 2.29. The van der Waals surface area contributed by atoms with E-state index in [0.29, 0.717) is 12.6 Å². The molecule has 1 N–H and O–H groups in total. The molecule has 0 aromatic heterocycles. The van der Waals surface area contributed by atoms with Crippen LogP contribution in [0.1, 0.15) is 31.4 Å². The smallest absolute Gasteiger partial charge is 0.302 e. The van der Waals surface area contributed by atoms with Crippen molar-refractivity contribution in [2.45, 2.75) is 39.5 Å². The van der Waals surface area contributed by atoms with Crippen molar-refractivity contribution in [2.75, 3.05) is 19.8 Å². The van der Waals surface area contributed by atoms with E-state index < -0.39 is 0 Å². The largest absolute Gasteiger partial charge is 0.493 e. The normalized spacial score (nSPS) is 17.7. The van der Waals surface area contributed by atoms with Gasteiger partial charge in [-0.25, -0.2) is 0 Å². The maximum atomic E-state index is 11.0. The second kappa shape index (κ2) is 8.00. The number of hydrogen-bond acceptors (Lipinski definition) is 5. The van der Waals surface area contributed by atoms with Crippen molar-refractivity contribution in [2.24, 2.45) is 0 Å². The Bertz CT molecular complexity index is 469. The van der Waals surface area contributed by atoms with Crippen molar-refractivity contribution in [3.63, 3.8) is 0 Å². The summed E-state index contributed by atoms with van der Waals surface area (Å²) in [6, 6.07) is 6.42. The van der Waals surface area contributed by atoms with Crippen LogP contribution in [0.25, 0.3) is 0 Å². The lowest BCUT2D eigenvalue weighted by Gasteiger charge is -2.14. The van der Waals surface area contributed by atoms with E-state index in [2.05, 4.69) is 5.32 Å². The molecule has 0 aliphatic carbocycles. The van der Waals surface area contributed by atoms with Crippen molar-refractivity contribution in [3.8, 4) is 5.75 Å². The average molecular weight is 293 g/mol. The highest BCUT2D eigenvalue weighted by Crippen LogP contribution is 2.21. The molecule has 5 nitrogen and oxygen atoms in total. The molecule has 1 aromatic carbocycles. The van der Waals surface area contributed by atoms with Gasteiger partial charge in [0.1, 0.15) is 12.4 Å². The number of hydrogen-bond donors (Lipinski definition) is 1. The van der Waals surface area contributed by atoms with Crippen LogP contribution in [0.4, 0.5) is 0 Å². The molecule has 1 aliphatic heterocycles. The minimum Gasteiger partial charge on any atom is -0.493 e. The van der Waals surface area contributed by atoms with Crippen molar-refractivity contribution in [3.05, 3.63) is 29.3 Å². The predicted molar refractivity (Wildman–Crippen MR) is 79.1 cm³/mol. The third-order valence-corrected chi connectivity index (χ3v) is 3.38. The lowest BCUT2D eigenvalue weighted by molar-refractivity contribution is -0.142. The van der Waals surface area contributed by atoms with Gasteiger partial charge in [0.15, 0.2) is 0 Å². The molecule has 1 fully saturated rings. The molecular weight excluding hydrogens is 270 g/mol. The van der Waals surface area contributed by atoms with Crippen LogP contribution < -0.4 is 10.1 Å². The summed E-state index contributed by atoms with van der Waals surface area (Å²) < 4.78 is 16.0. The monoisotopic (exact) mass is 293 g/mol. The first-order chi connectivity index (χ1) is 10.2. The topological polar surface area (TPSA) is 56.8 Å². The van der Waals surface area contributed by atoms with Gasteiger partial charge in [0.2, 0.25) is 0 Å². The number of rotatable bonds is 7. The van der Waals surface area contributed by atoms with Crippen molar-refractivity contribution in [1.82, 2.24) is 5.32 Å². The molecule has 0 saturated carbocycles. The molecule has 1 aromatic rings. The molecule has 0 amide bonds. The van der Waals surface area contributed by atoms with E-state index >= 15 is 0 Å². The van der Waals surface area contributed by atoms with E-state index in [1.165, 1.54) is 6.92 Å². The lowest BCUT2D eigenvalue weighted by atomic mass is 10.1. The van der Waals surface area contributed by atoms with Gasteiger partial charge >= 0.3 is 5.97 Å². The van der Waals surface area contributed by atoms with Gasteiger partial charge in [0.25, 0.3) is 0 Å². The van der Waals surface area contributed by atoms with Crippen LogP contribution in [0, 0.1) is 0 Å². The fourth-order valence-corrected chi connectivity index (χ4v) is 2.29. The Labute approximate surface area is 125 Å². The molecule has 5 heteroatoms. The molecule has 0 spiro atoms. The summed E-state index contributed by atoms with van der Waals surface area (Å²) in [7, 11) is 0. The van der Waals surface area contributed by atoms with Gasteiger partial charge in [-0.2, -0.15) is 0 Å². The summed E-state index contributed by atoms with van der Waals surface area (Å²) in [5.74, 6) is 0.482. The Morgan fingerprint density at radius 2 is 2.33 bits per heavy atom. The zero-order valence-corrected chi connectivity index (χ0v) is 12.7. The first-order valence-electron chi connectivity index (χ1n) is 7.38. The number of ether oxygens (including phenoxy) is 3. The molecule has 1 heterocycles. The second-order valence-electron chi connectivity index (χ2n) is 5.10. The molecule has 1 saturated heterocycles. The number of carbonyl (C=O) groups is 1. The number of nitrogens with one attached hydrogen (secondary N) is 1. The summed E-state index contributed by atoms with van der Waals surface area (Å²) in [4.78, 5) is 11.0. The molecule has 1 atom stereocenters. The summed E-state index contributed by atoms with van der Waals surface area (Å²) in [5.41, 5.74) is 2.04. The Balaban J connectivity index is 2.00. The summed E-state index contributed by atoms with van der Waals surface area (Å²) in [6.07, 6.45) is 1.05. The van der Waals surface area contributed by atoms with Crippen LogP contribution in [0.15, 0.2) is 18.2 Å². The van der Waals surface area contributed by atoms with E-state index in [1.807, 2.05) is 25.1 Å². The molecule has 0 radical (unpaired) electrons. The van der Waals surface area contributed by atoms with Crippen molar-refractivity contribution >= 4 is 5.97 Å². The number of esters is 1. The van der Waals surface area contributed by atoms with Gasteiger partial charge in [-0.3, -0.25) is 4.79 Å². The molecule has 1 aliphatic rings. The van der Waals surface area contributed by atoms with Gasteiger partial charge in [0.05, 0.1) is 13.2 Å². The zero-order chi connectivity index (χ0) is 15.1. The Morgan fingerprint density at radius 1 is 1.48 bits per heavy atom. The average Bonchev–Trinajstić information content (AvgIpc) is 2.98. The Kier molecular flexibility index (Phi) is 6.02. The lowest BCUT2D eigenvalue weighted by Crippen LogP contribution is -2.28. The number of benzene rings is 1. The van der Waals surface area contributed by atoms with Crippen LogP contribution in [0.2, 0.25) is 0 Å². The van der Waals surface area contributed by atoms with Crippen LogP contribution in [0.3, 0.4) is 0 Å². The third-order valence-electron chi connectivity index (χ3n) is 3.38. The first-order valence-corrected chi connectivity index (χ1v) is 7.38. The zero-order valence-electron chi connectivity index (χ0n) is 12.7. The third kappa shape index (κ3) is 5.02. The van der Waals surface area contributed by atoms with Gasteiger partial charge in [0, 0.05) is 31.7 Å². The molecule has 116 valence electrons. The molecule has 0 bridgehead atoms. The van der Waals surface area contributed by atoms with Gasteiger partial charge in [-0.15, -0.1) is 0 Å². The summed E-state index contributed by atoms with van der Waals surface area (Å²) in [6.45, 7) is 6.55. The van der Waals surface area contributed by atoms with Gasteiger partial charge < -0.3 is 19.5 Å². The summed E-state index contributed by atoms with van der Waals surface area (Å²) >= 11 is 0. The van der Waals surface area contributed by atoms with Crippen molar-refractivity contribution < 1.29 is 19.0 Å². The minimum atomic E-state index is -0.288. The van der Waals surface area contributed by atoms with E-state index in [1.54, 1.807) is 0 Å². The maximum Gasteiger partial charge on any atom is 0.302 e. The predicted octanol–water partition coefficient (Wildman–Crippen LogP) is 2.03. The molecule has 2 rings (SSSR count). The highest BCUT2D eigenvalue weighted by molar-refractivity contribution is 5.66. The van der Waals surface area contributed by atoms with E-state index in [4.69, 9.17) is 14.2 Å². The second-order valence-corrected chi connectivity index (χ2v) is 5.10. The van der Waals surface area contributed by atoms with Crippen LogP contribution >= 0.6 is 0 Å². The summed E-state index contributed by atoms with van der Waals surface area (Å²) in [5, 5.41) is 3.47. The molecular formula is C16H23NO4. The van der Waals surface area contributed by atoms with E-state index in [-0.39, 0.29) is 12.6 Å². The Hall–Kier alpha value is -1.59. The molecule has 0 unspecified atom stereocenters. The van der Waals surface area contributed by atoms with E-state index in [9.17, 15) is 4.79 Å². The van der Waals surface area contributed by atoms with Crippen LogP contribution in [0.5, 0.6) is 5.75 Å². The fraction of sp³-hybridized carbons (Fsp3) is 0.562. The molecule has 21 heavy (non-hydrogen) atoms. The quantitative estimate of drug-likeness (QED) is 0.780. The van der Waals surface area contributed by atoms with Crippen LogP contribution in [-0.2, 0) is 27.4 Å². The minimum absolute atomic E-state index is 0.241. The maximum absolute atomic E-state index is 11.0. The Morgan fingerprint density at radius 3 is 3.00 bits per heavy atom. The highest BCUT2D eigenvalue weighted by atomic mass is 16.5. The van der Waals surface area contributed by atoms with Gasteiger partial charge in [-0.05, 0) is 31.0 Å². The number of carbonyl (C=O) groups excluding carboxylic acids is 1.